The van der Waals surface area contributed by atoms with Gasteiger partial charge in [-0.2, -0.15) is 0 Å². The number of aliphatic imine (C=N–C) groups is 1. The molecule has 4 heteroatoms. The van der Waals surface area contributed by atoms with Crippen molar-refractivity contribution in [2.24, 2.45) is 10.9 Å². The van der Waals surface area contributed by atoms with Gasteiger partial charge in [0.1, 0.15) is 0 Å². The first-order valence-corrected chi connectivity index (χ1v) is 6.88. The molecule has 0 aromatic heterocycles. The van der Waals surface area contributed by atoms with Gasteiger partial charge in [0.2, 0.25) is 0 Å². The number of guanidine groups is 1. The lowest BCUT2D eigenvalue weighted by Crippen LogP contribution is -2.39. The Hall–Kier alpha value is -0.780. The zero-order chi connectivity index (χ0) is 12.8. The van der Waals surface area contributed by atoms with Gasteiger partial charge < -0.3 is 10.6 Å². The van der Waals surface area contributed by atoms with Gasteiger partial charge in [-0.1, -0.05) is 37.3 Å². The standard InChI is InChI=1S/C15H23N3.HI/c1-3-16-15(18-14-11-12(14)2)17-10-9-13-7-5-4-6-8-13;/h4-8,12,14H,3,9-11H2,1-2H3,(H2,16,17,18);1H. The maximum Gasteiger partial charge on any atom is 0.191 e. The van der Waals surface area contributed by atoms with Crippen molar-refractivity contribution in [1.82, 2.24) is 10.6 Å². The second kappa shape index (κ2) is 8.40. The van der Waals surface area contributed by atoms with Crippen LogP contribution in [-0.4, -0.2) is 25.1 Å². The SMILES string of the molecule is CCNC(=NCCc1ccccc1)NC1CC1C.I. The normalized spacial score (nSPS) is 21.5. The number of halogens is 1. The van der Waals surface area contributed by atoms with Crippen LogP contribution in [0.15, 0.2) is 35.3 Å². The molecule has 0 radical (unpaired) electrons. The van der Waals surface area contributed by atoms with Crippen LogP contribution in [0, 0.1) is 5.92 Å². The Morgan fingerprint density at radius 1 is 1.32 bits per heavy atom. The summed E-state index contributed by atoms with van der Waals surface area (Å²) in [6.45, 7) is 6.12. The van der Waals surface area contributed by atoms with Gasteiger partial charge in [0.05, 0.1) is 0 Å². The fourth-order valence-corrected chi connectivity index (χ4v) is 1.96. The highest BCUT2D eigenvalue weighted by atomic mass is 127. The Balaban J connectivity index is 0.00000180. The first-order chi connectivity index (χ1) is 8.79. The molecule has 2 unspecified atom stereocenters. The summed E-state index contributed by atoms with van der Waals surface area (Å²) in [5, 5.41) is 6.77. The van der Waals surface area contributed by atoms with E-state index in [4.69, 9.17) is 0 Å². The van der Waals surface area contributed by atoms with Crippen LogP contribution in [0.5, 0.6) is 0 Å². The molecule has 2 atom stereocenters. The van der Waals surface area contributed by atoms with E-state index < -0.39 is 0 Å². The van der Waals surface area contributed by atoms with Crippen molar-refractivity contribution in [1.29, 1.82) is 0 Å². The lowest BCUT2D eigenvalue weighted by atomic mass is 10.2. The quantitative estimate of drug-likeness (QED) is 0.473. The van der Waals surface area contributed by atoms with Crippen LogP contribution in [0.2, 0.25) is 0 Å². The Morgan fingerprint density at radius 3 is 2.58 bits per heavy atom. The second-order valence-corrected chi connectivity index (χ2v) is 4.96. The van der Waals surface area contributed by atoms with Crippen molar-refractivity contribution in [2.75, 3.05) is 13.1 Å². The zero-order valence-corrected chi connectivity index (χ0v) is 14.1. The largest absolute Gasteiger partial charge is 0.357 e. The van der Waals surface area contributed by atoms with Gasteiger partial charge in [0.15, 0.2) is 5.96 Å². The summed E-state index contributed by atoms with van der Waals surface area (Å²) in [6.07, 6.45) is 2.26. The van der Waals surface area contributed by atoms with Crippen LogP contribution >= 0.6 is 24.0 Å². The molecule has 0 spiro atoms. The van der Waals surface area contributed by atoms with Gasteiger partial charge in [-0.3, -0.25) is 4.99 Å². The Bertz CT molecular complexity index is 392. The average molecular weight is 373 g/mol. The zero-order valence-electron chi connectivity index (χ0n) is 11.7. The molecule has 2 N–H and O–H groups in total. The topological polar surface area (TPSA) is 36.4 Å². The van der Waals surface area contributed by atoms with Crippen molar-refractivity contribution >= 4 is 29.9 Å². The summed E-state index contributed by atoms with van der Waals surface area (Å²) in [6, 6.07) is 11.1. The monoisotopic (exact) mass is 373 g/mol. The van der Waals surface area contributed by atoms with E-state index in [1.807, 2.05) is 6.07 Å². The lowest BCUT2D eigenvalue weighted by Gasteiger charge is -2.10. The molecule has 0 heterocycles. The van der Waals surface area contributed by atoms with Crippen LogP contribution in [0.1, 0.15) is 25.8 Å². The predicted octanol–water partition coefficient (Wildman–Crippen LogP) is 2.81. The van der Waals surface area contributed by atoms with E-state index >= 15 is 0 Å². The van der Waals surface area contributed by atoms with Crippen molar-refractivity contribution < 1.29 is 0 Å². The van der Waals surface area contributed by atoms with E-state index in [9.17, 15) is 0 Å². The summed E-state index contributed by atoms with van der Waals surface area (Å²) in [5.41, 5.74) is 1.34. The molecule has 1 saturated carbocycles. The molecular weight excluding hydrogens is 349 g/mol. The van der Waals surface area contributed by atoms with Crippen molar-refractivity contribution in [3.63, 3.8) is 0 Å². The van der Waals surface area contributed by atoms with E-state index in [1.165, 1.54) is 12.0 Å². The van der Waals surface area contributed by atoms with E-state index in [2.05, 4.69) is 53.7 Å². The molecule has 0 saturated heterocycles. The molecule has 1 fully saturated rings. The Kier molecular flexibility index (Phi) is 7.20. The van der Waals surface area contributed by atoms with Crippen LogP contribution in [-0.2, 0) is 6.42 Å². The van der Waals surface area contributed by atoms with E-state index in [0.717, 1.165) is 31.4 Å². The van der Waals surface area contributed by atoms with Gasteiger partial charge in [-0.25, -0.2) is 0 Å². The van der Waals surface area contributed by atoms with Gasteiger partial charge in [0, 0.05) is 19.1 Å². The van der Waals surface area contributed by atoms with Gasteiger partial charge in [-0.15, -0.1) is 24.0 Å². The molecule has 1 aliphatic carbocycles. The van der Waals surface area contributed by atoms with Crippen molar-refractivity contribution in [2.45, 2.75) is 32.7 Å². The Labute approximate surface area is 133 Å². The molecule has 1 aromatic carbocycles. The number of benzene rings is 1. The smallest absolute Gasteiger partial charge is 0.191 e. The molecule has 1 aromatic rings. The third kappa shape index (κ3) is 5.80. The first kappa shape index (κ1) is 16.3. The molecular formula is C15H24IN3. The third-order valence-electron chi connectivity index (χ3n) is 3.29. The molecule has 0 aliphatic heterocycles. The fraction of sp³-hybridized carbons (Fsp3) is 0.533. The molecule has 3 nitrogen and oxygen atoms in total. The highest BCUT2D eigenvalue weighted by Crippen LogP contribution is 2.28. The number of nitrogens with zero attached hydrogens (tertiary/aromatic N) is 1. The lowest BCUT2D eigenvalue weighted by molar-refractivity contribution is 0.765. The summed E-state index contributed by atoms with van der Waals surface area (Å²) < 4.78 is 0. The summed E-state index contributed by atoms with van der Waals surface area (Å²) in [5.74, 6) is 1.76. The predicted molar refractivity (Wildman–Crippen MR) is 92.2 cm³/mol. The highest BCUT2D eigenvalue weighted by molar-refractivity contribution is 14.0. The fourth-order valence-electron chi connectivity index (χ4n) is 1.96. The average Bonchev–Trinajstić information content (AvgIpc) is 3.06. The summed E-state index contributed by atoms with van der Waals surface area (Å²) in [4.78, 5) is 4.62. The first-order valence-electron chi connectivity index (χ1n) is 6.88. The van der Waals surface area contributed by atoms with Crippen LogP contribution in [0.25, 0.3) is 0 Å². The number of rotatable bonds is 5. The van der Waals surface area contributed by atoms with Gasteiger partial charge >= 0.3 is 0 Å². The van der Waals surface area contributed by atoms with Crippen LogP contribution in [0.4, 0.5) is 0 Å². The summed E-state index contributed by atoms with van der Waals surface area (Å²) >= 11 is 0. The minimum Gasteiger partial charge on any atom is -0.357 e. The Morgan fingerprint density at radius 2 is 2.00 bits per heavy atom. The molecule has 1 aliphatic rings. The molecule has 19 heavy (non-hydrogen) atoms. The second-order valence-electron chi connectivity index (χ2n) is 4.96. The van der Waals surface area contributed by atoms with Gasteiger partial charge in [0.25, 0.3) is 0 Å². The van der Waals surface area contributed by atoms with Gasteiger partial charge in [-0.05, 0) is 31.2 Å². The molecule has 0 bridgehead atoms. The van der Waals surface area contributed by atoms with Crippen LogP contribution in [0.3, 0.4) is 0 Å². The minimum absolute atomic E-state index is 0. The summed E-state index contributed by atoms with van der Waals surface area (Å²) in [7, 11) is 0. The van der Waals surface area contributed by atoms with Crippen molar-refractivity contribution in [3.05, 3.63) is 35.9 Å². The van der Waals surface area contributed by atoms with E-state index in [1.54, 1.807) is 0 Å². The number of nitrogens with one attached hydrogen (secondary N) is 2. The van der Waals surface area contributed by atoms with E-state index in [-0.39, 0.29) is 24.0 Å². The number of hydrogen-bond acceptors (Lipinski definition) is 1. The highest BCUT2D eigenvalue weighted by Gasteiger charge is 2.33. The molecule has 0 amide bonds. The van der Waals surface area contributed by atoms with E-state index in [0.29, 0.717) is 6.04 Å². The van der Waals surface area contributed by atoms with Crippen LogP contribution < -0.4 is 10.6 Å². The van der Waals surface area contributed by atoms with Crippen molar-refractivity contribution in [3.8, 4) is 0 Å². The maximum absolute atomic E-state index is 4.62. The maximum atomic E-state index is 4.62. The molecule has 106 valence electrons. The number of hydrogen-bond donors (Lipinski definition) is 2. The third-order valence-corrected chi connectivity index (χ3v) is 3.29. The minimum atomic E-state index is 0. The molecule has 2 rings (SSSR count).